The number of hydrogen-bond donors (Lipinski definition) is 0. The van der Waals surface area contributed by atoms with E-state index >= 15 is 0 Å². The average Bonchev–Trinajstić information content (AvgIpc) is 2.17. The van der Waals surface area contributed by atoms with Gasteiger partial charge in [0, 0.05) is 11.6 Å². The molecule has 0 fully saturated rings. The largest absolute Gasteiger partial charge is 0.382 e. The molecule has 0 amide bonds. The molecule has 2 nitrogen and oxygen atoms in total. The van der Waals surface area contributed by atoms with Gasteiger partial charge in [0.1, 0.15) is 0 Å². The third-order valence-electron chi connectivity index (χ3n) is 1.88. The second kappa shape index (κ2) is 6.17. The Morgan fingerprint density at radius 3 is 2.71 bits per heavy atom. The molecule has 0 saturated heterocycles. The first-order valence-corrected chi connectivity index (χ1v) is 5.37. The molecular weight excluding hydrogens is 244 g/mol. The number of hydrogen-bond acceptors (Lipinski definition) is 2. The first-order chi connectivity index (χ1) is 6.74. The summed E-state index contributed by atoms with van der Waals surface area (Å²) in [5, 5.41) is 0. The molecule has 78 valence electrons. The second-order valence-corrected chi connectivity index (χ2v) is 4.02. The van der Waals surface area contributed by atoms with E-state index in [0.29, 0.717) is 13.2 Å². The van der Waals surface area contributed by atoms with Crippen molar-refractivity contribution >= 4 is 15.9 Å². The van der Waals surface area contributed by atoms with Crippen molar-refractivity contribution in [1.82, 2.24) is 0 Å². The fourth-order valence-corrected chi connectivity index (χ4v) is 1.53. The topological polar surface area (TPSA) is 18.5 Å². The predicted molar refractivity (Wildman–Crippen MR) is 60.3 cm³/mol. The van der Waals surface area contributed by atoms with Crippen LogP contribution in [0.2, 0.25) is 0 Å². The molecule has 0 saturated carbocycles. The van der Waals surface area contributed by atoms with E-state index in [9.17, 15) is 0 Å². The molecule has 0 aliphatic carbocycles. The molecule has 1 atom stereocenters. The van der Waals surface area contributed by atoms with Crippen LogP contribution in [0, 0.1) is 0 Å². The van der Waals surface area contributed by atoms with Gasteiger partial charge < -0.3 is 9.47 Å². The SMILES string of the molecule is COC[C@H](C)OCc1ccccc1Br. The smallest absolute Gasteiger partial charge is 0.0784 e. The molecule has 0 aliphatic rings. The summed E-state index contributed by atoms with van der Waals surface area (Å²) in [6.07, 6.45) is 0.132. The Morgan fingerprint density at radius 2 is 2.07 bits per heavy atom. The quantitative estimate of drug-likeness (QED) is 0.809. The number of benzene rings is 1. The molecule has 0 bridgehead atoms. The van der Waals surface area contributed by atoms with E-state index in [2.05, 4.69) is 15.9 Å². The van der Waals surface area contributed by atoms with Crippen LogP contribution in [0.15, 0.2) is 28.7 Å². The third-order valence-corrected chi connectivity index (χ3v) is 2.66. The minimum atomic E-state index is 0.132. The Labute approximate surface area is 93.4 Å². The van der Waals surface area contributed by atoms with Crippen LogP contribution in [-0.2, 0) is 16.1 Å². The Balaban J connectivity index is 2.41. The van der Waals surface area contributed by atoms with E-state index in [1.165, 1.54) is 0 Å². The molecule has 3 heteroatoms. The van der Waals surface area contributed by atoms with E-state index < -0.39 is 0 Å². The molecule has 0 N–H and O–H groups in total. The van der Waals surface area contributed by atoms with E-state index in [0.717, 1.165) is 10.0 Å². The van der Waals surface area contributed by atoms with E-state index in [1.807, 2.05) is 31.2 Å². The molecule has 0 aliphatic heterocycles. The maximum atomic E-state index is 5.59. The first kappa shape index (κ1) is 11.7. The predicted octanol–water partition coefficient (Wildman–Crippen LogP) is 3.00. The van der Waals surface area contributed by atoms with Gasteiger partial charge in [-0.05, 0) is 18.6 Å². The van der Waals surface area contributed by atoms with Crippen molar-refractivity contribution in [3.8, 4) is 0 Å². The fraction of sp³-hybridized carbons (Fsp3) is 0.455. The van der Waals surface area contributed by atoms with Gasteiger partial charge in [0.2, 0.25) is 0 Å². The molecule has 1 aromatic rings. The maximum Gasteiger partial charge on any atom is 0.0784 e. The average molecular weight is 259 g/mol. The van der Waals surface area contributed by atoms with Crippen molar-refractivity contribution in [2.45, 2.75) is 19.6 Å². The van der Waals surface area contributed by atoms with Crippen molar-refractivity contribution in [1.29, 1.82) is 0 Å². The summed E-state index contributed by atoms with van der Waals surface area (Å²) >= 11 is 3.47. The molecule has 0 spiro atoms. The minimum Gasteiger partial charge on any atom is -0.382 e. The van der Waals surface area contributed by atoms with Gasteiger partial charge in [-0.2, -0.15) is 0 Å². The zero-order valence-corrected chi connectivity index (χ0v) is 10.1. The molecule has 0 aromatic heterocycles. The highest BCUT2D eigenvalue weighted by atomic mass is 79.9. The van der Waals surface area contributed by atoms with Crippen LogP contribution in [0.4, 0.5) is 0 Å². The Kier molecular flexibility index (Phi) is 5.15. The van der Waals surface area contributed by atoms with Crippen molar-refractivity contribution in [3.05, 3.63) is 34.3 Å². The summed E-state index contributed by atoms with van der Waals surface area (Å²) in [4.78, 5) is 0. The summed E-state index contributed by atoms with van der Waals surface area (Å²) in [7, 11) is 1.68. The van der Waals surface area contributed by atoms with Crippen LogP contribution in [0.1, 0.15) is 12.5 Å². The molecule has 0 unspecified atom stereocenters. The van der Waals surface area contributed by atoms with Gasteiger partial charge in [0.25, 0.3) is 0 Å². The Hall–Kier alpha value is -0.380. The highest BCUT2D eigenvalue weighted by Crippen LogP contribution is 2.17. The van der Waals surface area contributed by atoms with Crippen LogP contribution < -0.4 is 0 Å². The van der Waals surface area contributed by atoms with Gasteiger partial charge in [0.05, 0.1) is 19.3 Å². The standard InChI is InChI=1S/C11H15BrO2/c1-9(7-13-2)14-8-10-5-3-4-6-11(10)12/h3-6,9H,7-8H2,1-2H3/t9-/m0/s1. The highest BCUT2D eigenvalue weighted by molar-refractivity contribution is 9.10. The van der Waals surface area contributed by atoms with Crippen LogP contribution in [0.5, 0.6) is 0 Å². The third kappa shape index (κ3) is 3.78. The lowest BCUT2D eigenvalue weighted by Gasteiger charge is -2.12. The van der Waals surface area contributed by atoms with Crippen molar-refractivity contribution in [3.63, 3.8) is 0 Å². The maximum absolute atomic E-state index is 5.59. The Bertz CT molecular complexity index is 276. The summed E-state index contributed by atoms with van der Waals surface area (Å²) in [5.74, 6) is 0. The van der Waals surface area contributed by atoms with Gasteiger partial charge in [-0.15, -0.1) is 0 Å². The molecule has 0 radical (unpaired) electrons. The van der Waals surface area contributed by atoms with Gasteiger partial charge in [0.15, 0.2) is 0 Å². The van der Waals surface area contributed by atoms with Crippen LogP contribution in [0.25, 0.3) is 0 Å². The second-order valence-electron chi connectivity index (χ2n) is 3.17. The van der Waals surface area contributed by atoms with Gasteiger partial charge in [-0.3, -0.25) is 0 Å². The van der Waals surface area contributed by atoms with Crippen molar-refractivity contribution in [2.24, 2.45) is 0 Å². The summed E-state index contributed by atoms with van der Waals surface area (Å²) in [5.41, 5.74) is 1.16. The van der Waals surface area contributed by atoms with Gasteiger partial charge in [-0.1, -0.05) is 34.1 Å². The number of methoxy groups -OCH3 is 1. The summed E-state index contributed by atoms with van der Waals surface area (Å²) in [6, 6.07) is 8.06. The molecule has 0 heterocycles. The number of ether oxygens (including phenoxy) is 2. The van der Waals surface area contributed by atoms with E-state index in [1.54, 1.807) is 7.11 Å². The van der Waals surface area contributed by atoms with Crippen LogP contribution >= 0.6 is 15.9 Å². The van der Waals surface area contributed by atoms with E-state index in [-0.39, 0.29) is 6.10 Å². The summed E-state index contributed by atoms with van der Waals surface area (Å²) < 4.78 is 11.7. The zero-order valence-electron chi connectivity index (χ0n) is 8.50. The van der Waals surface area contributed by atoms with Crippen molar-refractivity contribution < 1.29 is 9.47 Å². The lowest BCUT2D eigenvalue weighted by atomic mass is 10.2. The molecule has 1 aromatic carbocycles. The molecule has 14 heavy (non-hydrogen) atoms. The zero-order chi connectivity index (χ0) is 10.4. The van der Waals surface area contributed by atoms with Gasteiger partial charge >= 0.3 is 0 Å². The minimum absolute atomic E-state index is 0.132. The van der Waals surface area contributed by atoms with Gasteiger partial charge in [-0.25, -0.2) is 0 Å². The van der Waals surface area contributed by atoms with Crippen LogP contribution in [-0.4, -0.2) is 19.8 Å². The highest BCUT2D eigenvalue weighted by Gasteiger charge is 2.03. The molecular formula is C11H15BrO2. The van der Waals surface area contributed by atoms with Crippen LogP contribution in [0.3, 0.4) is 0 Å². The number of halogens is 1. The fourth-order valence-electron chi connectivity index (χ4n) is 1.13. The Morgan fingerprint density at radius 1 is 1.36 bits per heavy atom. The molecule has 1 rings (SSSR count). The monoisotopic (exact) mass is 258 g/mol. The lowest BCUT2D eigenvalue weighted by molar-refractivity contribution is -0.000327. The summed E-state index contributed by atoms with van der Waals surface area (Å²) in [6.45, 7) is 3.25. The van der Waals surface area contributed by atoms with Crippen molar-refractivity contribution in [2.75, 3.05) is 13.7 Å². The lowest BCUT2D eigenvalue weighted by Crippen LogP contribution is -2.14. The van der Waals surface area contributed by atoms with E-state index in [4.69, 9.17) is 9.47 Å². The first-order valence-electron chi connectivity index (χ1n) is 4.58. The normalized spacial score (nSPS) is 12.8. The number of rotatable bonds is 5.